The molecule has 2 N–H and O–H groups in total. The van der Waals surface area contributed by atoms with Crippen molar-refractivity contribution in [3.8, 4) is 0 Å². The molecule has 1 heterocycles. The maximum atomic E-state index is 5.54. The van der Waals surface area contributed by atoms with Gasteiger partial charge in [0.1, 0.15) is 5.01 Å². The molecule has 0 atom stereocenters. The van der Waals surface area contributed by atoms with Crippen LogP contribution in [0.15, 0.2) is 12.1 Å². The third kappa shape index (κ3) is 1.45. The van der Waals surface area contributed by atoms with E-state index < -0.39 is 0 Å². The van der Waals surface area contributed by atoms with Crippen molar-refractivity contribution >= 4 is 21.6 Å². The largest absolute Gasteiger partial charge is 0.325 e. The Balaban J connectivity index is 2.70. The molecule has 0 radical (unpaired) electrons. The Morgan fingerprint density at radius 3 is 2.69 bits per heavy atom. The van der Waals surface area contributed by atoms with E-state index in [9.17, 15) is 0 Å². The molecule has 0 amide bonds. The summed E-state index contributed by atoms with van der Waals surface area (Å²) in [6, 6.07) is 4.31. The van der Waals surface area contributed by atoms with Crippen LogP contribution in [0.4, 0.5) is 0 Å². The Bertz CT molecular complexity index is 406. The molecule has 2 aromatic rings. The first-order valence-electron chi connectivity index (χ1n) is 4.27. The summed E-state index contributed by atoms with van der Waals surface area (Å²) < 4.78 is 1.24. The van der Waals surface area contributed by atoms with Crippen molar-refractivity contribution in [2.24, 2.45) is 5.73 Å². The number of rotatable bonds is 1. The Morgan fingerprint density at radius 1 is 1.31 bits per heavy atom. The highest BCUT2D eigenvalue weighted by molar-refractivity contribution is 7.18. The first-order chi connectivity index (χ1) is 6.20. The van der Waals surface area contributed by atoms with E-state index in [0.29, 0.717) is 6.54 Å². The minimum atomic E-state index is 0.539. The van der Waals surface area contributed by atoms with Gasteiger partial charge >= 0.3 is 0 Å². The second-order valence-corrected chi connectivity index (χ2v) is 4.33. The van der Waals surface area contributed by atoms with Crippen LogP contribution in [0.2, 0.25) is 0 Å². The minimum absolute atomic E-state index is 0.539. The lowest BCUT2D eigenvalue weighted by Gasteiger charge is -1.96. The molecule has 1 aromatic carbocycles. The molecule has 0 aliphatic rings. The minimum Gasteiger partial charge on any atom is -0.325 e. The first-order valence-corrected chi connectivity index (χ1v) is 5.09. The van der Waals surface area contributed by atoms with Gasteiger partial charge in [-0.15, -0.1) is 11.3 Å². The zero-order valence-electron chi connectivity index (χ0n) is 7.79. The molecule has 0 aliphatic heterocycles. The number of aromatic nitrogens is 1. The normalized spacial score (nSPS) is 11.0. The Labute approximate surface area is 81.4 Å². The summed E-state index contributed by atoms with van der Waals surface area (Å²) in [5.74, 6) is 0. The van der Waals surface area contributed by atoms with Gasteiger partial charge in [0.25, 0.3) is 0 Å². The third-order valence-corrected chi connectivity index (χ3v) is 3.26. The van der Waals surface area contributed by atoms with E-state index >= 15 is 0 Å². The molecule has 2 rings (SSSR count). The predicted octanol–water partition coefficient (Wildman–Crippen LogP) is 2.37. The highest BCUT2D eigenvalue weighted by atomic mass is 32.1. The lowest BCUT2D eigenvalue weighted by Crippen LogP contribution is -1.93. The number of benzene rings is 1. The van der Waals surface area contributed by atoms with Crippen LogP contribution in [-0.4, -0.2) is 4.98 Å². The van der Waals surface area contributed by atoms with Gasteiger partial charge in [-0.1, -0.05) is 0 Å². The fraction of sp³-hybridized carbons (Fsp3) is 0.300. The molecule has 0 unspecified atom stereocenters. The molecule has 0 aliphatic carbocycles. The monoisotopic (exact) mass is 192 g/mol. The fourth-order valence-electron chi connectivity index (χ4n) is 1.31. The second kappa shape index (κ2) is 3.09. The number of aryl methyl sites for hydroxylation is 2. The van der Waals surface area contributed by atoms with Crippen LogP contribution < -0.4 is 5.73 Å². The van der Waals surface area contributed by atoms with Gasteiger partial charge < -0.3 is 5.73 Å². The van der Waals surface area contributed by atoms with Gasteiger partial charge in [0, 0.05) is 6.54 Å². The molecule has 0 bridgehead atoms. The Morgan fingerprint density at radius 2 is 2.00 bits per heavy atom. The molecule has 0 fully saturated rings. The molecule has 0 spiro atoms. The van der Waals surface area contributed by atoms with Gasteiger partial charge in [-0.25, -0.2) is 4.98 Å². The lowest BCUT2D eigenvalue weighted by atomic mass is 10.1. The average molecular weight is 192 g/mol. The number of fused-ring (bicyclic) bond motifs is 1. The van der Waals surface area contributed by atoms with Crippen LogP contribution in [0.5, 0.6) is 0 Å². The molecule has 68 valence electrons. The number of hydrogen-bond donors (Lipinski definition) is 1. The summed E-state index contributed by atoms with van der Waals surface area (Å²) in [5.41, 5.74) is 9.23. The summed E-state index contributed by atoms with van der Waals surface area (Å²) in [5, 5.41) is 1.01. The molecule has 1 aromatic heterocycles. The van der Waals surface area contributed by atoms with Crippen LogP contribution in [0, 0.1) is 13.8 Å². The summed E-state index contributed by atoms with van der Waals surface area (Å²) >= 11 is 1.68. The highest BCUT2D eigenvalue weighted by Gasteiger charge is 2.03. The van der Waals surface area contributed by atoms with E-state index in [0.717, 1.165) is 10.5 Å². The average Bonchev–Trinajstić information content (AvgIpc) is 2.48. The summed E-state index contributed by atoms with van der Waals surface area (Å²) in [6.07, 6.45) is 0. The first kappa shape index (κ1) is 8.66. The molecular formula is C10H12N2S. The van der Waals surface area contributed by atoms with Crippen molar-refractivity contribution in [1.82, 2.24) is 4.98 Å². The molecule has 0 saturated carbocycles. The molecular weight excluding hydrogens is 180 g/mol. The highest BCUT2D eigenvalue weighted by Crippen LogP contribution is 2.24. The molecule has 13 heavy (non-hydrogen) atoms. The Hall–Kier alpha value is -0.930. The van der Waals surface area contributed by atoms with Crippen LogP contribution in [-0.2, 0) is 6.54 Å². The van der Waals surface area contributed by atoms with E-state index in [1.54, 1.807) is 11.3 Å². The maximum absolute atomic E-state index is 5.54. The Kier molecular flexibility index (Phi) is 2.06. The number of hydrogen-bond acceptors (Lipinski definition) is 3. The summed E-state index contributed by atoms with van der Waals surface area (Å²) in [6.45, 7) is 4.77. The van der Waals surface area contributed by atoms with Crippen molar-refractivity contribution in [1.29, 1.82) is 0 Å². The topological polar surface area (TPSA) is 38.9 Å². The predicted molar refractivity (Wildman–Crippen MR) is 57.0 cm³/mol. The van der Waals surface area contributed by atoms with Crippen molar-refractivity contribution in [2.75, 3.05) is 0 Å². The van der Waals surface area contributed by atoms with Crippen molar-refractivity contribution in [2.45, 2.75) is 20.4 Å². The van der Waals surface area contributed by atoms with E-state index in [1.807, 2.05) is 0 Å². The number of nitrogens with two attached hydrogens (primary N) is 1. The molecule has 0 saturated heterocycles. The van der Waals surface area contributed by atoms with Gasteiger partial charge in [0.05, 0.1) is 10.2 Å². The van der Waals surface area contributed by atoms with E-state index in [2.05, 4.69) is 31.0 Å². The second-order valence-electron chi connectivity index (χ2n) is 3.22. The van der Waals surface area contributed by atoms with Crippen molar-refractivity contribution in [3.63, 3.8) is 0 Å². The maximum Gasteiger partial charge on any atom is 0.107 e. The van der Waals surface area contributed by atoms with E-state index in [1.165, 1.54) is 15.8 Å². The van der Waals surface area contributed by atoms with E-state index in [-0.39, 0.29) is 0 Å². The van der Waals surface area contributed by atoms with E-state index in [4.69, 9.17) is 5.73 Å². The van der Waals surface area contributed by atoms with Gasteiger partial charge in [0.15, 0.2) is 0 Å². The lowest BCUT2D eigenvalue weighted by molar-refractivity contribution is 1.05. The summed E-state index contributed by atoms with van der Waals surface area (Å²) in [4.78, 5) is 4.43. The SMILES string of the molecule is Cc1cc2nc(CN)sc2cc1C. The molecule has 3 heteroatoms. The van der Waals surface area contributed by atoms with Gasteiger partial charge in [-0.3, -0.25) is 0 Å². The standard InChI is InChI=1S/C10H12N2S/c1-6-3-8-9(4-7(6)2)13-10(5-11)12-8/h3-4H,5,11H2,1-2H3. The van der Waals surface area contributed by atoms with Gasteiger partial charge in [-0.2, -0.15) is 0 Å². The zero-order chi connectivity index (χ0) is 9.42. The quantitative estimate of drug-likeness (QED) is 0.753. The van der Waals surface area contributed by atoms with Crippen LogP contribution in [0.25, 0.3) is 10.2 Å². The summed E-state index contributed by atoms with van der Waals surface area (Å²) in [7, 11) is 0. The fourth-order valence-corrected chi connectivity index (χ4v) is 2.24. The van der Waals surface area contributed by atoms with Crippen LogP contribution in [0.1, 0.15) is 16.1 Å². The number of thiazole rings is 1. The number of nitrogens with zero attached hydrogens (tertiary/aromatic N) is 1. The van der Waals surface area contributed by atoms with Gasteiger partial charge in [-0.05, 0) is 37.1 Å². The smallest absolute Gasteiger partial charge is 0.107 e. The van der Waals surface area contributed by atoms with Crippen LogP contribution >= 0.6 is 11.3 Å². The zero-order valence-corrected chi connectivity index (χ0v) is 8.61. The van der Waals surface area contributed by atoms with Crippen molar-refractivity contribution < 1.29 is 0 Å². The van der Waals surface area contributed by atoms with Gasteiger partial charge in [0.2, 0.25) is 0 Å². The van der Waals surface area contributed by atoms with Crippen LogP contribution in [0.3, 0.4) is 0 Å². The van der Waals surface area contributed by atoms with Crippen molar-refractivity contribution in [3.05, 3.63) is 28.3 Å². The molecule has 2 nitrogen and oxygen atoms in total. The third-order valence-electron chi connectivity index (χ3n) is 2.22.